The Morgan fingerprint density at radius 3 is 2.71 bits per heavy atom. The van der Waals surface area contributed by atoms with Gasteiger partial charge in [0.15, 0.2) is 0 Å². The number of hydrogen-bond donors (Lipinski definition) is 0. The van der Waals surface area contributed by atoms with Gasteiger partial charge in [-0.1, -0.05) is 54.2 Å². The van der Waals surface area contributed by atoms with Crippen LogP contribution in [0.4, 0.5) is 11.5 Å². The number of hydrogen-bond acceptors (Lipinski definition) is 8. The molecule has 38 heavy (non-hydrogen) atoms. The van der Waals surface area contributed by atoms with Gasteiger partial charge in [-0.3, -0.25) is 4.79 Å². The first-order valence-electron chi connectivity index (χ1n) is 12.2. The van der Waals surface area contributed by atoms with Crippen LogP contribution in [0.3, 0.4) is 0 Å². The number of rotatable bonds is 7. The van der Waals surface area contributed by atoms with Crippen molar-refractivity contribution in [1.82, 2.24) is 14.9 Å². The van der Waals surface area contributed by atoms with Gasteiger partial charge in [0.05, 0.1) is 33.1 Å². The third-order valence-electron chi connectivity index (χ3n) is 6.94. The third-order valence-corrected chi connectivity index (χ3v) is 7.72. The van der Waals surface area contributed by atoms with Crippen molar-refractivity contribution in [2.75, 3.05) is 42.5 Å². The van der Waals surface area contributed by atoms with Crippen LogP contribution in [-0.4, -0.2) is 59.5 Å². The van der Waals surface area contributed by atoms with E-state index in [-0.39, 0.29) is 24.5 Å². The summed E-state index contributed by atoms with van der Waals surface area (Å²) in [5, 5.41) is 5.90. The fourth-order valence-corrected chi connectivity index (χ4v) is 5.82. The maximum atomic E-state index is 12.7. The number of nitroso groups, excluding NO2 is 1. The lowest BCUT2D eigenvalue weighted by molar-refractivity contribution is -0.128. The number of anilines is 2. The second kappa shape index (κ2) is 11.2. The summed E-state index contributed by atoms with van der Waals surface area (Å²) >= 11 is 8.53. The molecule has 1 saturated heterocycles. The number of nitrogens with zero attached hydrogens (tertiary/aromatic N) is 6. The Labute approximate surface area is 239 Å². The van der Waals surface area contributed by atoms with Gasteiger partial charge in [0.25, 0.3) is 5.91 Å². The predicted octanol–water partition coefficient (Wildman–Crippen LogP) is 5.10. The quantitative estimate of drug-likeness (QED) is 0.153. The van der Waals surface area contributed by atoms with Gasteiger partial charge in [0.1, 0.15) is 12.4 Å². The lowest BCUT2D eigenvalue weighted by Crippen LogP contribution is -2.57. The van der Waals surface area contributed by atoms with Gasteiger partial charge in [-0.05, 0) is 46.5 Å². The Morgan fingerprint density at radius 1 is 1.18 bits per heavy atom. The van der Waals surface area contributed by atoms with Crippen LogP contribution in [0.2, 0.25) is 5.02 Å². The molecule has 2 aliphatic heterocycles. The van der Waals surface area contributed by atoms with E-state index in [0.29, 0.717) is 41.2 Å². The average molecular weight is 645 g/mol. The number of benzene rings is 2. The van der Waals surface area contributed by atoms with E-state index < -0.39 is 0 Å². The summed E-state index contributed by atoms with van der Waals surface area (Å²) in [4.78, 5) is 39.3. The Kier molecular flexibility index (Phi) is 7.80. The smallest absolute Gasteiger partial charge is 0.323 e. The molecular weight excluding hydrogens is 619 g/mol. The Balaban J connectivity index is 1.49. The summed E-state index contributed by atoms with van der Waals surface area (Å²) in [5.74, 6) is 0.572. The summed E-state index contributed by atoms with van der Waals surface area (Å²) in [6.07, 6.45) is 2.01. The van der Waals surface area contributed by atoms with Crippen LogP contribution in [-0.2, 0) is 17.8 Å². The molecule has 1 aromatic heterocycles. The number of carbonyl (C=O) groups is 1. The molecule has 3 aromatic rings. The van der Waals surface area contributed by atoms with Gasteiger partial charge in [-0.25, -0.2) is 0 Å². The van der Waals surface area contributed by atoms with E-state index in [1.807, 2.05) is 40.8 Å². The third kappa shape index (κ3) is 5.06. The van der Waals surface area contributed by atoms with E-state index in [1.54, 1.807) is 4.90 Å². The molecular formula is C27H26ClIN6O3. The van der Waals surface area contributed by atoms with E-state index in [0.717, 1.165) is 40.1 Å². The molecule has 1 fully saturated rings. The van der Waals surface area contributed by atoms with Gasteiger partial charge in [0, 0.05) is 42.8 Å². The second-order valence-electron chi connectivity index (χ2n) is 9.14. The van der Waals surface area contributed by atoms with Crippen molar-refractivity contribution in [1.29, 1.82) is 0 Å². The minimum Gasteiger partial charge on any atom is -0.433 e. The summed E-state index contributed by atoms with van der Waals surface area (Å²) in [5.41, 5.74) is 2.93. The van der Waals surface area contributed by atoms with E-state index in [9.17, 15) is 9.70 Å². The Bertz CT molecular complexity index is 1430. The van der Waals surface area contributed by atoms with Crippen molar-refractivity contribution in [2.24, 2.45) is 5.18 Å². The molecule has 196 valence electrons. The zero-order valence-corrected chi connectivity index (χ0v) is 23.6. The van der Waals surface area contributed by atoms with Gasteiger partial charge in [0.2, 0.25) is 0 Å². The van der Waals surface area contributed by atoms with Gasteiger partial charge in [-0.2, -0.15) is 14.9 Å². The standard InChI is InChI=1S/C27H26ClIN6O3/c1-3-38-27-31-22-16-33(23-9-5-7-18-6-4-8-21(28)24(18)23)11-10-20(22)25(32-27)34-12-13-35(26(36)17(2)29)19(15-34)14-30-37/h3-9,19H,1-2,10-16H2/t19-/m0/s1. The Hall–Kier alpha value is -3.25. The molecule has 0 aliphatic carbocycles. The highest BCUT2D eigenvalue weighted by Gasteiger charge is 2.34. The number of ether oxygens (including phenoxy) is 1. The lowest BCUT2D eigenvalue weighted by atomic mass is 10.0. The van der Waals surface area contributed by atoms with Crippen molar-refractivity contribution in [3.8, 4) is 6.01 Å². The van der Waals surface area contributed by atoms with Crippen molar-refractivity contribution >= 4 is 62.4 Å². The largest absolute Gasteiger partial charge is 0.433 e. The molecule has 1 atom stereocenters. The molecule has 2 aliphatic rings. The zero-order chi connectivity index (χ0) is 26.8. The van der Waals surface area contributed by atoms with Crippen LogP contribution < -0.4 is 14.5 Å². The maximum absolute atomic E-state index is 12.7. The summed E-state index contributed by atoms with van der Waals surface area (Å²) in [7, 11) is 0. The first-order chi connectivity index (χ1) is 18.4. The first-order valence-corrected chi connectivity index (χ1v) is 13.7. The molecule has 11 heteroatoms. The number of amides is 1. The van der Waals surface area contributed by atoms with Gasteiger partial charge < -0.3 is 19.4 Å². The molecule has 0 N–H and O–H groups in total. The molecule has 3 heterocycles. The van der Waals surface area contributed by atoms with E-state index >= 15 is 0 Å². The highest BCUT2D eigenvalue weighted by molar-refractivity contribution is 14.1. The summed E-state index contributed by atoms with van der Waals surface area (Å²) in [6, 6.07) is 11.9. The maximum Gasteiger partial charge on any atom is 0.323 e. The molecule has 0 radical (unpaired) electrons. The molecule has 5 rings (SSSR count). The molecule has 0 spiro atoms. The van der Waals surface area contributed by atoms with Crippen LogP contribution in [0.1, 0.15) is 11.3 Å². The Morgan fingerprint density at radius 2 is 1.97 bits per heavy atom. The van der Waals surface area contributed by atoms with Gasteiger partial charge in [-0.15, -0.1) is 0 Å². The number of carbonyl (C=O) groups excluding carboxylic acids is 1. The second-order valence-corrected chi connectivity index (χ2v) is 10.9. The molecule has 1 amide bonds. The summed E-state index contributed by atoms with van der Waals surface area (Å²) < 4.78 is 5.93. The van der Waals surface area contributed by atoms with Crippen molar-refractivity contribution in [2.45, 2.75) is 19.0 Å². The van der Waals surface area contributed by atoms with Crippen LogP contribution >= 0.6 is 34.2 Å². The minimum absolute atomic E-state index is 0.00886. The number of aromatic nitrogens is 2. The molecule has 9 nitrogen and oxygen atoms in total. The lowest BCUT2D eigenvalue weighted by Gasteiger charge is -2.42. The number of fused-ring (bicyclic) bond motifs is 2. The normalized spacial score (nSPS) is 17.2. The van der Waals surface area contributed by atoms with Gasteiger partial charge >= 0.3 is 6.01 Å². The molecule has 0 unspecified atom stereocenters. The molecule has 2 aromatic carbocycles. The minimum atomic E-state index is -0.382. The SMILES string of the molecule is C=COc1nc2c(c(N3CCN(C(=O)C(=C)I)[C@@H](CN=O)C3)n1)CCN(c1cccc3cccc(Cl)c13)C2. The van der Waals surface area contributed by atoms with E-state index in [4.69, 9.17) is 26.3 Å². The van der Waals surface area contributed by atoms with Crippen LogP contribution in [0, 0.1) is 4.91 Å². The van der Waals surface area contributed by atoms with Crippen LogP contribution in [0.25, 0.3) is 10.8 Å². The molecule has 0 bridgehead atoms. The highest BCUT2D eigenvalue weighted by atomic mass is 127. The average Bonchev–Trinajstić information content (AvgIpc) is 2.92. The van der Waals surface area contributed by atoms with Crippen molar-refractivity contribution < 1.29 is 9.53 Å². The fraction of sp³-hybridized carbons (Fsp3) is 0.296. The molecule has 0 saturated carbocycles. The topological polar surface area (TPSA) is 91.2 Å². The highest BCUT2D eigenvalue weighted by Crippen LogP contribution is 2.37. The van der Waals surface area contributed by atoms with Crippen LogP contribution in [0.15, 0.2) is 64.6 Å². The monoisotopic (exact) mass is 644 g/mol. The predicted molar refractivity (Wildman–Crippen MR) is 158 cm³/mol. The summed E-state index contributed by atoms with van der Waals surface area (Å²) in [6.45, 7) is 10.1. The van der Waals surface area contributed by atoms with Crippen molar-refractivity contribution in [3.05, 3.63) is 80.6 Å². The van der Waals surface area contributed by atoms with E-state index in [2.05, 4.69) is 46.3 Å². The van der Waals surface area contributed by atoms with Crippen LogP contribution in [0.5, 0.6) is 6.01 Å². The first kappa shape index (κ1) is 26.4. The number of halogens is 2. The van der Waals surface area contributed by atoms with Crippen molar-refractivity contribution in [3.63, 3.8) is 0 Å². The fourth-order valence-electron chi connectivity index (χ4n) is 5.24. The zero-order valence-electron chi connectivity index (χ0n) is 20.6. The van der Waals surface area contributed by atoms with E-state index in [1.165, 1.54) is 6.26 Å². The number of piperazine rings is 1.